The Kier molecular flexibility index (Phi) is 2.39. The summed E-state index contributed by atoms with van der Waals surface area (Å²) >= 11 is 0. The summed E-state index contributed by atoms with van der Waals surface area (Å²) in [5.41, 5.74) is 0. The van der Waals surface area contributed by atoms with E-state index in [1.54, 1.807) is 10.9 Å². The molecule has 2 aromatic carbocycles. The molecule has 0 fully saturated rings. The lowest BCUT2D eigenvalue weighted by Crippen LogP contribution is -1.89. The van der Waals surface area contributed by atoms with Gasteiger partial charge < -0.3 is 0 Å². The third-order valence-corrected chi connectivity index (χ3v) is 6.86. The van der Waals surface area contributed by atoms with Gasteiger partial charge in [0.05, 0.1) is 0 Å². The Bertz CT molecular complexity index is 682. The van der Waals surface area contributed by atoms with Gasteiger partial charge in [0.25, 0.3) is 0 Å². The van der Waals surface area contributed by atoms with Crippen molar-refractivity contribution in [3.8, 4) is 5.30 Å². The van der Waals surface area contributed by atoms with Gasteiger partial charge >= 0.3 is 0 Å². The maximum Gasteiger partial charge on any atom is 0.218 e. The van der Waals surface area contributed by atoms with Crippen molar-refractivity contribution < 1.29 is 0 Å². The van der Waals surface area contributed by atoms with Gasteiger partial charge in [0.2, 0.25) is 5.16 Å². The zero-order valence-electron chi connectivity index (χ0n) is 8.46. The van der Waals surface area contributed by atoms with Crippen LogP contribution in [-0.4, -0.2) is 0 Å². The molecule has 1 unspecified atom stereocenters. The molecular formula is C13H9OPS. The van der Waals surface area contributed by atoms with Crippen molar-refractivity contribution in [3.05, 3.63) is 64.6 Å². The van der Waals surface area contributed by atoms with E-state index in [-0.39, 0.29) is 0 Å². The maximum absolute atomic E-state index is 12.2. The standard InChI is InChI=1S/C13H9OPS/c14-13-11-8-4-5-9-12(11)16-15(13)10-6-2-1-3-7-10/h1-9H. The Morgan fingerprint density at radius 3 is 2.31 bits per heavy atom. The van der Waals surface area contributed by atoms with E-state index >= 15 is 0 Å². The molecule has 0 spiro atoms. The van der Waals surface area contributed by atoms with Gasteiger partial charge in [-0.15, -0.1) is 10.9 Å². The van der Waals surface area contributed by atoms with Crippen LogP contribution in [0.15, 0.2) is 59.4 Å². The lowest BCUT2D eigenvalue weighted by molar-refractivity contribution is 1.76. The monoisotopic (exact) mass is 244 g/mol. The third-order valence-electron chi connectivity index (χ3n) is 2.48. The van der Waals surface area contributed by atoms with E-state index in [9.17, 15) is 4.79 Å². The predicted octanol–water partition coefficient (Wildman–Crippen LogP) is 4.24. The Balaban J connectivity index is 2.34. The second-order valence-corrected chi connectivity index (χ2v) is 7.30. The Labute approximate surface area is 97.8 Å². The molecule has 3 rings (SSSR count). The lowest BCUT2D eigenvalue weighted by Gasteiger charge is -1.93. The van der Waals surface area contributed by atoms with E-state index in [0.717, 1.165) is 15.4 Å². The van der Waals surface area contributed by atoms with Crippen molar-refractivity contribution in [2.75, 3.05) is 0 Å². The van der Waals surface area contributed by atoms with Gasteiger partial charge in [-0.05, 0) is 24.3 Å². The fourth-order valence-electron chi connectivity index (χ4n) is 1.71. The summed E-state index contributed by atoms with van der Waals surface area (Å²) < 4.78 is 1.13. The minimum Gasteiger partial charge on any atom is -0.283 e. The molecule has 0 saturated carbocycles. The Hall–Kier alpha value is -1.37. The average molecular weight is 244 g/mol. The average Bonchev–Trinajstić information content (AvgIpc) is 2.69. The van der Waals surface area contributed by atoms with E-state index in [1.807, 2.05) is 54.6 Å². The molecule has 0 bridgehead atoms. The summed E-state index contributed by atoms with van der Waals surface area (Å²) in [6.07, 6.45) is 0. The molecule has 3 heteroatoms. The van der Waals surface area contributed by atoms with Gasteiger partial charge in [-0.25, -0.2) is 0 Å². The highest BCUT2D eigenvalue weighted by atomic mass is 32.5. The minimum absolute atomic E-state index is 0.293. The van der Waals surface area contributed by atoms with Crippen molar-refractivity contribution in [1.82, 2.24) is 0 Å². The van der Waals surface area contributed by atoms with Gasteiger partial charge in [-0.1, -0.05) is 30.3 Å². The van der Waals surface area contributed by atoms with Crippen molar-refractivity contribution in [2.24, 2.45) is 0 Å². The molecule has 0 amide bonds. The molecule has 0 aliphatic heterocycles. The molecule has 0 N–H and O–H groups in total. The van der Waals surface area contributed by atoms with Crippen LogP contribution in [0.3, 0.4) is 0 Å². The van der Waals surface area contributed by atoms with Gasteiger partial charge in [-0.3, -0.25) is 4.79 Å². The predicted molar refractivity (Wildman–Crippen MR) is 72.1 cm³/mol. The molecule has 1 atom stereocenters. The fourth-order valence-corrected chi connectivity index (χ4v) is 5.95. The summed E-state index contributed by atoms with van der Waals surface area (Å²) in [7, 11) is 1.71. The van der Waals surface area contributed by atoms with E-state index in [1.165, 1.54) is 0 Å². The molecule has 16 heavy (non-hydrogen) atoms. The van der Waals surface area contributed by atoms with E-state index in [0.29, 0.717) is 5.16 Å². The summed E-state index contributed by atoms with van der Waals surface area (Å²) in [5.74, 6) is 0. The minimum atomic E-state index is -0.751. The number of rotatable bonds is 1. The molecule has 1 nitrogen and oxygen atoms in total. The molecular weight excluding hydrogens is 235 g/mol. The zero-order valence-corrected chi connectivity index (χ0v) is 10.2. The maximum atomic E-state index is 12.2. The zero-order chi connectivity index (χ0) is 11.0. The van der Waals surface area contributed by atoms with Gasteiger partial charge in [0.15, 0.2) is 0 Å². The molecule has 1 aromatic heterocycles. The molecule has 0 aliphatic rings. The summed E-state index contributed by atoms with van der Waals surface area (Å²) in [5, 5.41) is 2.34. The summed E-state index contributed by atoms with van der Waals surface area (Å²) in [6, 6.07) is 17.9. The number of hydrogen-bond donors (Lipinski definition) is 0. The van der Waals surface area contributed by atoms with E-state index in [2.05, 4.69) is 0 Å². The van der Waals surface area contributed by atoms with Crippen molar-refractivity contribution in [3.63, 3.8) is 0 Å². The van der Waals surface area contributed by atoms with Crippen molar-refractivity contribution in [1.29, 1.82) is 0 Å². The summed E-state index contributed by atoms with van der Waals surface area (Å²) in [6.45, 7) is -0.751. The van der Waals surface area contributed by atoms with Crippen LogP contribution in [0.4, 0.5) is 0 Å². The molecule has 3 aromatic rings. The van der Waals surface area contributed by atoms with Crippen LogP contribution in [0, 0.1) is 0 Å². The second kappa shape index (κ2) is 3.89. The number of benzene rings is 2. The van der Waals surface area contributed by atoms with E-state index in [4.69, 9.17) is 0 Å². The Morgan fingerprint density at radius 1 is 0.875 bits per heavy atom. The smallest absolute Gasteiger partial charge is 0.218 e. The van der Waals surface area contributed by atoms with Crippen molar-refractivity contribution in [2.45, 2.75) is 0 Å². The second-order valence-electron chi connectivity index (χ2n) is 3.52. The van der Waals surface area contributed by atoms with Crippen LogP contribution >= 0.6 is 17.7 Å². The fraction of sp³-hybridized carbons (Fsp3) is 0. The Morgan fingerprint density at radius 2 is 1.56 bits per heavy atom. The quantitative estimate of drug-likeness (QED) is 0.625. The normalized spacial score (nSPS) is 11.9. The molecule has 0 aliphatic carbocycles. The first-order valence-corrected chi connectivity index (χ1v) is 7.79. The highest BCUT2D eigenvalue weighted by molar-refractivity contribution is 7.97. The first kappa shape index (κ1) is 9.83. The SMILES string of the molecule is O=c1c2ccccc2sp1-c1ccccc1. The highest BCUT2D eigenvalue weighted by Gasteiger charge is 2.09. The van der Waals surface area contributed by atoms with Gasteiger partial charge in [-0.2, -0.15) is 0 Å². The third kappa shape index (κ3) is 1.51. The summed E-state index contributed by atoms with van der Waals surface area (Å²) in [4.78, 5) is 12.2. The molecule has 0 radical (unpaired) electrons. The number of fused-ring (bicyclic) bond motifs is 1. The van der Waals surface area contributed by atoms with Crippen LogP contribution < -0.4 is 5.16 Å². The van der Waals surface area contributed by atoms with Crippen LogP contribution in [0.25, 0.3) is 15.4 Å². The molecule has 1 heterocycles. The first-order chi connectivity index (χ1) is 7.86. The molecule has 0 saturated heterocycles. The lowest BCUT2D eigenvalue weighted by atomic mass is 10.3. The first-order valence-electron chi connectivity index (χ1n) is 5.03. The van der Waals surface area contributed by atoms with Crippen LogP contribution in [0.2, 0.25) is 0 Å². The topological polar surface area (TPSA) is 17.1 Å². The van der Waals surface area contributed by atoms with Crippen molar-refractivity contribution >= 4 is 27.7 Å². The van der Waals surface area contributed by atoms with Crippen LogP contribution in [0.1, 0.15) is 0 Å². The van der Waals surface area contributed by atoms with Crippen LogP contribution in [-0.2, 0) is 0 Å². The largest absolute Gasteiger partial charge is 0.283 e. The van der Waals surface area contributed by atoms with Crippen LogP contribution in [0.5, 0.6) is 0 Å². The van der Waals surface area contributed by atoms with Gasteiger partial charge in [0.1, 0.15) is 0 Å². The van der Waals surface area contributed by atoms with E-state index < -0.39 is 6.71 Å². The highest BCUT2D eigenvalue weighted by Crippen LogP contribution is 2.43. The van der Waals surface area contributed by atoms with Gasteiger partial charge in [0, 0.05) is 22.1 Å². The number of hydrogen-bond acceptors (Lipinski definition) is 2. The molecule has 78 valence electrons.